The van der Waals surface area contributed by atoms with E-state index in [-0.39, 0.29) is 0 Å². The molecule has 1 aliphatic heterocycles. The fourth-order valence-electron chi connectivity index (χ4n) is 3.18. The van der Waals surface area contributed by atoms with Crippen LogP contribution >= 0.6 is 0 Å². The highest BCUT2D eigenvalue weighted by atomic mass is 15.2. The summed E-state index contributed by atoms with van der Waals surface area (Å²) in [4.78, 5) is 2.77. The van der Waals surface area contributed by atoms with E-state index in [9.17, 15) is 0 Å². The number of benzene rings is 1. The molecule has 0 spiro atoms. The first-order chi connectivity index (χ1) is 9.42. The third kappa shape index (κ3) is 4.05. The lowest BCUT2D eigenvalue weighted by atomic mass is 9.97. The summed E-state index contributed by atoms with van der Waals surface area (Å²) in [5, 5.41) is 3.47. The number of hydrogen-bond acceptors (Lipinski definition) is 2. The fourth-order valence-corrected chi connectivity index (χ4v) is 3.18. The first kappa shape index (κ1) is 13.1. The summed E-state index contributed by atoms with van der Waals surface area (Å²) in [6, 6.07) is 11.8. The van der Waals surface area contributed by atoms with Crippen LogP contribution in [-0.2, 0) is 6.42 Å². The Balaban J connectivity index is 1.49. The minimum atomic E-state index is 0.901. The Morgan fingerprint density at radius 3 is 2.42 bits per heavy atom. The van der Waals surface area contributed by atoms with E-state index in [0.717, 1.165) is 12.0 Å². The van der Waals surface area contributed by atoms with Crippen LogP contribution in [-0.4, -0.2) is 37.1 Å². The second kappa shape index (κ2) is 6.53. The average molecular weight is 258 g/mol. The van der Waals surface area contributed by atoms with E-state index in [0.29, 0.717) is 0 Å². The molecule has 2 fully saturated rings. The monoisotopic (exact) mass is 258 g/mol. The number of hydrogen-bond donors (Lipinski definition) is 1. The standard InChI is InChI=1S/C17H26N2/c1-2-4-15(5-3-1)10-13-19(17-6-7-17)14-16-8-11-18-12-9-16/h1-5,16-18H,6-14H2. The second-order valence-electron chi connectivity index (χ2n) is 6.16. The quantitative estimate of drug-likeness (QED) is 0.844. The molecule has 0 aromatic heterocycles. The van der Waals surface area contributed by atoms with Gasteiger partial charge in [0.25, 0.3) is 0 Å². The Morgan fingerprint density at radius 1 is 1.00 bits per heavy atom. The SMILES string of the molecule is c1ccc(CCN(CC2CCNCC2)C2CC2)cc1. The van der Waals surface area contributed by atoms with Crippen molar-refractivity contribution in [3.63, 3.8) is 0 Å². The molecule has 19 heavy (non-hydrogen) atoms. The minimum Gasteiger partial charge on any atom is -0.317 e. The van der Waals surface area contributed by atoms with E-state index < -0.39 is 0 Å². The van der Waals surface area contributed by atoms with Crippen molar-refractivity contribution in [3.05, 3.63) is 35.9 Å². The number of piperidine rings is 1. The summed E-state index contributed by atoms with van der Waals surface area (Å²) in [5.41, 5.74) is 1.48. The van der Waals surface area contributed by atoms with Crippen molar-refractivity contribution in [1.29, 1.82) is 0 Å². The highest BCUT2D eigenvalue weighted by Gasteiger charge is 2.30. The third-order valence-corrected chi connectivity index (χ3v) is 4.55. The van der Waals surface area contributed by atoms with Crippen LogP contribution < -0.4 is 5.32 Å². The lowest BCUT2D eigenvalue weighted by Crippen LogP contribution is -2.38. The van der Waals surface area contributed by atoms with Crippen molar-refractivity contribution in [1.82, 2.24) is 10.2 Å². The van der Waals surface area contributed by atoms with Gasteiger partial charge in [-0.15, -0.1) is 0 Å². The molecule has 0 radical (unpaired) electrons. The zero-order chi connectivity index (χ0) is 12.9. The van der Waals surface area contributed by atoms with E-state index in [1.54, 1.807) is 0 Å². The van der Waals surface area contributed by atoms with Crippen LogP contribution in [0.15, 0.2) is 30.3 Å². The van der Waals surface area contributed by atoms with Gasteiger partial charge in [0, 0.05) is 19.1 Å². The minimum absolute atomic E-state index is 0.901. The zero-order valence-corrected chi connectivity index (χ0v) is 11.9. The maximum absolute atomic E-state index is 3.47. The average Bonchev–Trinajstić information content (AvgIpc) is 3.30. The van der Waals surface area contributed by atoms with Gasteiger partial charge in [0.05, 0.1) is 0 Å². The molecule has 1 saturated carbocycles. The van der Waals surface area contributed by atoms with Gasteiger partial charge >= 0.3 is 0 Å². The van der Waals surface area contributed by atoms with E-state index in [1.807, 2.05) is 0 Å². The van der Waals surface area contributed by atoms with Gasteiger partial charge in [0.15, 0.2) is 0 Å². The van der Waals surface area contributed by atoms with Crippen LogP contribution in [0, 0.1) is 5.92 Å². The first-order valence-electron chi connectivity index (χ1n) is 7.90. The predicted molar refractivity (Wildman–Crippen MR) is 80.3 cm³/mol. The van der Waals surface area contributed by atoms with E-state index in [2.05, 4.69) is 40.5 Å². The highest BCUT2D eigenvalue weighted by molar-refractivity contribution is 5.15. The molecule has 1 aromatic rings. The molecule has 1 aliphatic carbocycles. The maximum atomic E-state index is 3.47. The molecular weight excluding hydrogens is 232 g/mol. The zero-order valence-electron chi connectivity index (χ0n) is 11.9. The van der Waals surface area contributed by atoms with Crippen LogP contribution in [0.1, 0.15) is 31.2 Å². The third-order valence-electron chi connectivity index (χ3n) is 4.55. The summed E-state index contributed by atoms with van der Waals surface area (Å²) in [7, 11) is 0. The molecule has 2 aliphatic rings. The molecule has 0 atom stereocenters. The van der Waals surface area contributed by atoms with Gasteiger partial charge in [-0.05, 0) is 56.7 Å². The lowest BCUT2D eigenvalue weighted by Gasteiger charge is -2.30. The maximum Gasteiger partial charge on any atom is 0.00966 e. The summed E-state index contributed by atoms with van der Waals surface area (Å²) in [6.07, 6.45) is 6.81. The van der Waals surface area contributed by atoms with Gasteiger partial charge in [-0.1, -0.05) is 30.3 Å². The molecule has 1 aromatic carbocycles. The van der Waals surface area contributed by atoms with Crippen molar-refractivity contribution < 1.29 is 0 Å². The molecule has 1 saturated heterocycles. The first-order valence-corrected chi connectivity index (χ1v) is 7.90. The van der Waals surface area contributed by atoms with Gasteiger partial charge in [0.2, 0.25) is 0 Å². The number of nitrogens with zero attached hydrogens (tertiary/aromatic N) is 1. The summed E-state index contributed by atoms with van der Waals surface area (Å²) in [6.45, 7) is 5.03. The van der Waals surface area contributed by atoms with Crippen molar-refractivity contribution in [2.45, 2.75) is 38.1 Å². The van der Waals surface area contributed by atoms with Crippen LogP contribution in [0.4, 0.5) is 0 Å². The normalized spacial score (nSPS) is 20.9. The largest absolute Gasteiger partial charge is 0.317 e. The number of nitrogens with one attached hydrogen (secondary N) is 1. The van der Waals surface area contributed by atoms with Crippen molar-refractivity contribution >= 4 is 0 Å². The summed E-state index contributed by atoms with van der Waals surface area (Å²) in [5.74, 6) is 0.928. The molecule has 104 valence electrons. The van der Waals surface area contributed by atoms with Gasteiger partial charge in [0.1, 0.15) is 0 Å². The number of rotatable bonds is 6. The van der Waals surface area contributed by atoms with E-state index >= 15 is 0 Å². The molecule has 0 unspecified atom stereocenters. The fraction of sp³-hybridized carbons (Fsp3) is 0.647. The Morgan fingerprint density at radius 2 is 1.74 bits per heavy atom. The predicted octanol–water partition coefficient (Wildman–Crippen LogP) is 2.69. The molecule has 2 heteroatoms. The lowest BCUT2D eigenvalue weighted by molar-refractivity contribution is 0.199. The van der Waals surface area contributed by atoms with Gasteiger partial charge in [-0.3, -0.25) is 4.90 Å². The van der Waals surface area contributed by atoms with Crippen LogP contribution in [0.5, 0.6) is 0 Å². The molecular formula is C17H26N2. The second-order valence-corrected chi connectivity index (χ2v) is 6.16. The van der Waals surface area contributed by atoms with Gasteiger partial charge in [-0.2, -0.15) is 0 Å². The molecule has 1 heterocycles. The molecule has 3 rings (SSSR count). The highest BCUT2D eigenvalue weighted by Crippen LogP contribution is 2.29. The Bertz CT molecular complexity index is 366. The molecule has 1 N–H and O–H groups in total. The van der Waals surface area contributed by atoms with Crippen LogP contribution in [0.25, 0.3) is 0 Å². The Labute approximate surface area is 117 Å². The van der Waals surface area contributed by atoms with Crippen LogP contribution in [0.3, 0.4) is 0 Å². The Hall–Kier alpha value is -0.860. The summed E-state index contributed by atoms with van der Waals surface area (Å²) < 4.78 is 0. The molecule has 2 nitrogen and oxygen atoms in total. The topological polar surface area (TPSA) is 15.3 Å². The Kier molecular flexibility index (Phi) is 4.52. The van der Waals surface area contributed by atoms with Crippen LogP contribution in [0.2, 0.25) is 0 Å². The summed E-state index contributed by atoms with van der Waals surface area (Å²) >= 11 is 0. The van der Waals surface area contributed by atoms with E-state index in [4.69, 9.17) is 0 Å². The van der Waals surface area contributed by atoms with E-state index in [1.165, 1.54) is 63.8 Å². The van der Waals surface area contributed by atoms with Gasteiger partial charge < -0.3 is 5.32 Å². The van der Waals surface area contributed by atoms with Crippen molar-refractivity contribution in [2.75, 3.05) is 26.2 Å². The van der Waals surface area contributed by atoms with Crippen molar-refractivity contribution in [3.8, 4) is 0 Å². The molecule has 0 amide bonds. The smallest absolute Gasteiger partial charge is 0.00966 e. The molecule has 0 bridgehead atoms. The van der Waals surface area contributed by atoms with Crippen molar-refractivity contribution in [2.24, 2.45) is 5.92 Å². The van der Waals surface area contributed by atoms with Gasteiger partial charge in [-0.25, -0.2) is 0 Å².